The third-order valence-corrected chi connectivity index (χ3v) is 1.80. The molecule has 0 aliphatic rings. The molecule has 0 radical (unpaired) electrons. The molecule has 98 valence electrons. The number of hydrogen-bond donors (Lipinski definition) is 4. The lowest BCUT2D eigenvalue weighted by Crippen LogP contribution is -2.46. The summed E-state index contributed by atoms with van der Waals surface area (Å²) in [6.45, 7) is -0.0677. The summed E-state index contributed by atoms with van der Waals surface area (Å²) in [6.07, 6.45) is 0.352. The normalized spacial score (nSPS) is 11.6. The van der Waals surface area contributed by atoms with Gasteiger partial charge in [-0.15, -0.1) is 0 Å². The molecule has 0 saturated heterocycles. The van der Waals surface area contributed by atoms with Gasteiger partial charge in [-0.2, -0.15) is 4.98 Å². The van der Waals surface area contributed by atoms with E-state index in [0.717, 1.165) is 6.39 Å². The lowest BCUT2D eigenvalue weighted by atomic mass is 10.2. The lowest BCUT2D eigenvalue weighted by molar-refractivity contribution is -0.145. The second-order valence-corrected chi connectivity index (χ2v) is 3.16. The number of carbonyl (C=O) groups excluding carboxylic acids is 1. The van der Waals surface area contributed by atoms with Gasteiger partial charge in [0.25, 0.3) is 0 Å². The first-order chi connectivity index (χ1) is 8.49. The molecule has 1 rings (SSSR count). The van der Waals surface area contributed by atoms with Crippen molar-refractivity contribution in [3.8, 4) is 0 Å². The van der Waals surface area contributed by atoms with Crippen LogP contribution in [0.25, 0.3) is 0 Å². The molecule has 1 heterocycles. The fraction of sp³-hybridized carbons (Fsp3) is 0.375. The molecular formula is C8H10N4O6. The number of hydrogen-bond acceptors (Lipinski definition) is 6. The molecule has 0 aromatic carbocycles. The Morgan fingerprint density at radius 1 is 1.39 bits per heavy atom. The molecule has 18 heavy (non-hydrogen) atoms. The van der Waals surface area contributed by atoms with E-state index in [4.69, 9.17) is 10.2 Å². The number of amides is 2. The van der Waals surface area contributed by atoms with Gasteiger partial charge in [0.15, 0.2) is 5.82 Å². The second kappa shape index (κ2) is 6.18. The molecule has 0 spiro atoms. The van der Waals surface area contributed by atoms with E-state index >= 15 is 0 Å². The smallest absolute Gasteiger partial charge is 0.326 e. The van der Waals surface area contributed by atoms with Gasteiger partial charge < -0.3 is 25.4 Å². The molecule has 2 amide bonds. The third kappa shape index (κ3) is 4.47. The first-order valence-corrected chi connectivity index (χ1v) is 4.73. The molecule has 1 atom stereocenters. The van der Waals surface area contributed by atoms with E-state index in [-0.39, 0.29) is 12.4 Å². The zero-order valence-electron chi connectivity index (χ0n) is 8.99. The van der Waals surface area contributed by atoms with Gasteiger partial charge in [0, 0.05) is 0 Å². The fourth-order valence-electron chi connectivity index (χ4n) is 1.01. The maximum Gasteiger partial charge on any atom is 0.326 e. The minimum Gasteiger partial charge on any atom is -0.481 e. The summed E-state index contributed by atoms with van der Waals surface area (Å²) in [7, 11) is 0. The summed E-state index contributed by atoms with van der Waals surface area (Å²) in [5.74, 6) is -2.57. The maximum absolute atomic E-state index is 11.3. The van der Waals surface area contributed by atoms with Crippen molar-refractivity contribution in [2.75, 3.05) is 0 Å². The molecule has 4 N–H and O–H groups in total. The summed E-state index contributed by atoms with van der Waals surface area (Å²) in [4.78, 5) is 35.9. The molecule has 1 aromatic heterocycles. The van der Waals surface area contributed by atoms with Crippen LogP contribution in [0.3, 0.4) is 0 Å². The Labute approximate surface area is 100.0 Å². The van der Waals surface area contributed by atoms with Crippen molar-refractivity contribution in [2.45, 2.75) is 19.0 Å². The largest absolute Gasteiger partial charge is 0.481 e. The lowest BCUT2D eigenvalue weighted by Gasteiger charge is -2.12. The van der Waals surface area contributed by atoms with Crippen LogP contribution in [0.5, 0.6) is 0 Å². The highest BCUT2D eigenvalue weighted by molar-refractivity contribution is 5.86. The van der Waals surface area contributed by atoms with Crippen LogP contribution in [0.2, 0.25) is 0 Å². The zero-order chi connectivity index (χ0) is 13.5. The third-order valence-electron chi connectivity index (χ3n) is 1.80. The summed E-state index contributed by atoms with van der Waals surface area (Å²) in [5.41, 5.74) is 0. The van der Waals surface area contributed by atoms with E-state index in [1.54, 1.807) is 0 Å². The van der Waals surface area contributed by atoms with Gasteiger partial charge in [0.05, 0.1) is 13.0 Å². The van der Waals surface area contributed by atoms with Crippen molar-refractivity contribution in [3.63, 3.8) is 0 Å². The van der Waals surface area contributed by atoms with Crippen molar-refractivity contribution in [1.82, 2.24) is 20.8 Å². The number of rotatable bonds is 6. The highest BCUT2D eigenvalue weighted by Gasteiger charge is 2.22. The van der Waals surface area contributed by atoms with Crippen molar-refractivity contribution in [3.05, 3.63) is 12.2 Å². The highest BCUT2D eigenvalue weighted by atomic mass is 16.5. The molecule has 0 aliphatic carbocycles. The van der Waals surface area contributed by atoms with Crippen LogP contribution in [-0.2, 0) is 16.1 Å². The number of aliphatic carboxylic acids is 2. The van der Waals surface area contributed by atoms with Crippen LogP contribution in [0, 0.1) is 0 Å². The fourth-order valence-corrected chi connectivity index (χ4v) is 1.01. The Morgan fingerprint density at radius 2 is 2.11 bits per heavy atom. The number of nitrogens with one attached hydrogen (secondary N) is 2. The number of nitrogens with zero attached hydrogens (tertiary/aromatic N) is 2. The summed E-state index contributed by atoms with van der Waals surface area (Å²) < 4.78 is 4.41. The molecule has 0 saturated carbocycles. The van der Waals surface area contributed by atoms with Crippen molar-refractivity contribution in [2.24, 2.45) is 0 Å². The van der Waals surface area contributed by atoms with Gasteiger partial charge in [-0.3, -0.25) is 4.79 Å². The van der Waals surface area contributed by atoms with Crippen LogP contribution < -0.4 is 10.6 Å². The van der Waals surface area contributed by atoms with Crippen LogP contribution in [0.15, 0.2) is 10.9 Å². The highest BCUT2D eigenvalue weighted by Crippen LogP contribution is 1.93. The van der Waals surface area contributed by atoms with E-state index in [2.05, 4.69) is 20.0 Å². The van der Waals surface area contributed by atoms with Crippen LogP contribution >= 0.6 is 0 Å². The Kier molecular flexibility index (Phi) is 4.60. The molecule has 10 nitrogen and oxygen atoms in total. The molecule has 0 bridgehead atoms. The van der Waals surface area contributed by atoms with Gasteiger partial charge in [0.2, 0.25) is 6.39 Å². The van der Waals surface area contributed by atoms with E-state index in [1.165, 1.54) is 0 Å². The first kappa shape index (κ1) is 13.4. The Hall–Kier alpha value is -2.65. The van der Waals surface area contributed by atoms with Crippen LogP contribution in [0.4, 0.5) is 4.79 Å². The molecule has 0 fully saturated rings. The Morgan fingerprint density at radius 3 is 2.61 bits per heavy atom. The maximum atomic E-state index is 11.3. The predicted molar refractivity (Wildman–Crippen MR) is 53.3 cm³/mol. The minimum absolute atomic E-state index is 0.0677. The number of urea groups is 1. The standard InChI is InChI=1S/C8H10N4O6/c13-6(14)1-4(7(15)16)11-8(17)9-2-5-10-3-18-12-5/h3-4H,1-2H2,(H,13,14)(H,15,16)(H2,9,11,17)/t4-/m1/s1. The Bertz CT molecular complexity index is 431. The van der Waals surface area contributed by atoms with Gasteiger partial charge in [-0.05, 0) is 0 Å². The molecule has 1 aromatic rings. The monoisotopic (exact) mass is 258 g/mol. The van der Waals surface area contributed by atoms with Crippen LogP contribution in [0.1, 0.15) is 12.2 Å². The van der Waals surface area contributed by atoms with Gasteiger partial charge in [-0.1, -0.05) is 5.16 Å². The predicted octanol–water partition coefficient (Wildman–Crippen LogP) is -1.20. The number of carboxylic acid groups (broad SMARTS) is 2. The first-order valence-electron chi connectivity index (χ1n) is 4.73. The van der Waals surface area contributed by atoms with Crippen molar-refractivity contribution in [1.29, 1.82) is 0 Å². The SMILES string of the molecule is O=C(O)C[C@@H](NC(=O)NCc1ncon1)C(=O)O. The van der Waals surface area contributed by atoms with Gasteiger partial charge in [0.1, 0.15) is 6.04 Å². The topological polar surface area (TPSA) is 155 Å². The summed E-state index contributed by atoms with van der Waals surface area (Å²) in [6, 6.07) is -2.35. The number of carbonyl (C=O) groups is 3. The molecule has 0 unspecified atom stereocenters. The molecule has 0 aliphatic heterocycles. The quantitative estimate of drug-likeness (QED) is 0.495. The van der Waals surface area contributed by atoms with Crippen molar-refractivity contribution < 1.29 is 29.1 Å². The average Bonchev–Trinajstić information content (AvgIpc) is 2.77. The van der Waals surface area contributed by atoms with E-state index < -0.39 is 30.4 Å². The van der Waals surface area contributed by atoms with Crippen molar-refractivity contribution >= 4 is 18.0 Å². The number of aromatic nitrogens is 2. The zero-order valence-corrected chi connectivity index (χ0v) is 8.99. The minimum atomic E-state index is -1.51. The van der Waals surface area contributed by atoms with Gasteiger partial charge >= 0.3 is 18.0 Å². The van der Waals surface area contributed by atoms with Crippen LogP contribution in [-0.4, -0.2) is 44.4 Å². The van der Waals surface area contributed by atoms with E-state index in [0.29, 0.717) is 0 Å². The molecule has 10 heteroatoms. The second-order valence-electron chi connectivity index (χ2n) is 3.16. The van der Waals surface area contributed by atoms with E-state index in [1.807, 2.05) is 5.32 Å². The average molecular weight is 258 g/mol. The molecular weight excluding hydrogens is 248 g/mol. The van der Waals surface area contributed by atoms with Gasteiger partial charge in [-0.25, -0.2) is 9.59 Å². The van der Waals surface area contributed by atoms with E-state index in [9.17, 15) is 14.4 Å². The number of carboxylic acids is 2. The summed E-state index contributed by atoms with van der Waals surface area (Å²) >= 11 is 0. The Balaban J connectivity index is 2.41. The summed E-state index contributed by atoms with van der Waals surface area (Å²) in [5, 5.41) is 24.8.